The third kappa shape index (κ3) is 9.77. The average molecular weight is 287 g/mol. The summed E-state index contributed by atoms with van der Waals surface area (Å²) in [4.78, 5) is 0. The highest BCUT2D eigenvalue weighted by Crippen LogP contribution is 2.17. The number of unbranched alkanes of at least 4 members (excludes halogenated alkanes) is 6. The number of aliphatic hydroxyl groups excluding tert-OH is 1. The van der Waals surface area contributed by atoms with Gasteiger partial charge in [0.25, 0.3) is 0 Å². The fourth-order valence-corrected chi connectivity index (χ4v) is 3.12. The Bertz CT molecular complexity index is 167. The zero-order valence-electron chi connectivity index (χ0n) is 14.5. The zero-order valence-corrected chi connectivity index (χ0v) is 14.5. The van der Waals surface area contributed by atoms with Crippen molar-refractivity contribution in [3.63, 3.8) is 0 Å². The Balaban J connectivity index is 4.48. The fraction of sp³-hybridized carbons (Fsp3) is 1.00. The van der Waals surface area contributed by atoms with Crippen LogP contribution in [0.15, 0.2) is 0 Å². The van der Waals surface area contributed by atoms with Crippen LogP contribution in [0.2, 0.25) is 0 Å². The molecule has 20 heavy (non-hydrogen) atoms. The van der Waals surface area contributed by atoms with E-state index in [4.69, 9.17) is 5.11 Å². The highest BCUT2D eigenvalue weighted by molar-refractivity contribution is 4.51. The lowest BCUT2D eigenvalue weighted by Crippen LogP contribution is -2.50. The summed E-state index contributed by atoms with van der Waals surface area (Å²) in [7, 11) is 0. The second kappa shape index (κ2) is 13.9. The van der Waals surface area contributed by atoms with Crippen molar-refractivity contribution >= 4 is 0 Å². The molecule has 0 radical (unpaired) electrons. The highest BCUT2D eigenvalue weighted by atomic mass is 16.2. The molecule has 0 aliphatic rings. The van der Waals surface area contributed by atoms with Gasteiger partial charge in [0.1, 0.15) is 0 Å². The normalized spacial score (nSPS) is 12.0. The van der Waals surface area contributed by atoms with Crippen LogP contribution in [0, 0.1) is 0 Å². The van der Waals surface area contributed by atoms with Crippen LogP contribution >= 0.6 is 0 Å². The molecule has 1 N–H and O–H groups in total. The molecule has 0 aromatic carbocycles. The number of hydrogen-bond acceptors (Lipinski definition) is 1. The van der Waals surface area contributed by atoms with Crippen LogP contribution in [0.4, 0.5) is 0 Å². The maximum atomic E-state index is 9.06. The molecular formula is C18H40NO+. The first kappa shape index (κ1) is 19.9. The van der Waals surface area contributed by atoms with E-state index >= 15 is 0 Å². The van der Waals surface area contributed by atoms with Gasteiger partial charge in [-0.3, -0.25) is 0 Å². The number of quaternary nitrogens is 1. The van der Waals surface area contributed by atoms with Crippen molar-refractivity contribution in [2.24, 2.45) is 0 Å². The third-order valence-corrected chi connectivity index (χ3v) is 4.50. The molecule has 0 aromatic rings. The minimum atomic E-state index is 0.359. The van der Waals surface area contributed by atoms with Crippen LogP contribution < -0.4 is 0 Å². The van der Waals surface area contributed by atoms with Gasteiger partial charge in [-0.1, -0.05) is 40.0 Å². The number of hydrogen-bond donors (Lipinski definition) is 1. The Morgan fingerprint density at radius 3 is 1.35 bits per heavy atom. The van der Waals surface area contributed by atoms with Gasteiger partial charge in [0.15, 0.2) is 0 Å². The van der Waals surface area contributed by atoms with Crippen LogP contribution in [0.3, 0.4) is 0 Å². The Hall–Kier alpha value is -0.0800. The molecule has 0 unspecified atom stereocenters. The van der Waals surface area contributed by atoms with Gasteiger partial charge in [-0.05, 0) is 44.9 Å². The largest absolute Gasteiger partial charge is 0.396 e. The van der Waals surface area contributed by atoms with E-state index < -0.39 is 0 Å². The van der Waals surface area contributed by atoms with E-state index in [0.717, 1.165) is 6.42 Å². The van der Waals surface area contributed by atoms with Crippen LogP contribution in [0.1, 0.15) is 85.0 Å². The van der Waals surface area contributed by atoms with E-state index in [-0.39, 0.29) is 0 Å². The standard InChI is InChI=1S/C18H40NO/c1-4-7-10-15-19(14-9-6-3,16-11-8-5-2)17-12-13-18-20/h20H,4-18H2,1-3H3/q+1. The second-order valence-electron chi connectivity index (χ2n) is 6.43. The van der Waals surface area contributed by atoms with E-state index in [1.807, 2.05) is 0 Å². The first-order valence-corrected chi connectivity index (χ1v) is 9.20. The number of aliphatic hydroxyl groups is 1. The van der Waals surface area contributed by atoms with Gasteiger partial charge in [-0.25, -0.2) is 0 Å². The lowest BCUT2D eigenvalue weighted by Gasteiger charge is -2.39. The van der Waals surface area contributed by atoms with Gasteiger partial charge >= 0.3 is 0 Å². The van der Waals surface area contributed by atoms with Crippen molar-refractivity contribution < 1.29 is 9.59 Å². The summed E-state index contributed by atoms with van der Waals surface area (Å²) < 4.78 is 1.33. The van der Waals surface area contributed by atoms with E-state index in [1.54, 1.807) is 0 Å². The SMILES string of the molecule is CCCCC[N+](CCCC)(CCCCC)CCCCO. The summed E-state index contributed by atoms with van der Waals surface area (Å²) in [5, 5.41) is 9.06. The van der Waals surface area contributed by atoms with Gasteiger partial charge in [-0.2, -0.15) is 0 Å². The molecule has 2 heteroatoms. The molecule has 0 aromatic heterocycles. The van der Waals surface area contributed by atoms with E-state index in [9.17, 15) is 0 Å². The zero-order chi connectivity index (χ0) is 15.1. The number of rotatable bonds is 15. The first-order valence-electron chi connectivity index (χ1n) is 9.20. The second-order valence-corrected chi connectivity index (χ2v) is 6.43. The Morgan fingerprint density at radius 2 is 0.950 bits per heavy atom. The van der Waals surface area contributed by atoms with Crippen molar-refractivity contribution in [3.05, 3.63) is 0 Å². The van der Waals surface area contributed by atoms with E-state index in [2.05, 4.69) is 20.8 Å². The molecule has 0 amide bonds. The minimum absolute atomic E-state index is 0.359. The highest BCUT2D eigenvalue weighted by Gasteiger charge is 2.25. The van der Waals surface area contributed by atoms with Gasteiger partial charge < -0.3 is 9.59 Å². The van der Waals surface area contributed by atoms with Gasteiger partial charge in [0.2, 0.25) is 0 Å². The summed E-state index contributed by atoms with van der Waals surface area (Å²) in [6.07, 6.45) is 13.0. The molecule has 0 fully saturated rings. The maximum absolute atomic E-state index is 9.06. The Kier molecular flexibility index (Phi) is 13.8. The fourth-order valence-electron chi connectivity index (χ4n) is 3.12. The Labute approximate surface area is 128 Å². The minimum Gasteiger partial charge on any atom is -0.396 e. The summed E-state index contributed by atoms with van der Waals surface area (Å²) in [6.45, 7) is 12.6. The van der Waals surface area contributed by atoms with Crippen molar-refractivity contribution in [2.75, 3.05) is 32.8 Å². The Morgan fingerprint density at radius 1 is 0.550 bits per heavy atom. The molecular weight excluding hydrogens is 246 g/mol. The molecule has 0 aliphatic heterocycles. The van der Waals surface area contributed by atoms with Crippen LogP contribution in [0.25, 0.3) is 0 Å². The van der Waals surface area contributed by atoms with Gasteiger partial charge in [0, 0.05) is 6.61 Å². The molecule has 2 nitrogen and oxygen atoms in total. The predicted molar refractivity (Wildman–Crippen MR) is 90.0 cm³/mol. The monoisotopic (exact) mass is 286 g/mol. The molecule has 0 saturated carbocycles. The van der Waals surface area contributed by atoms with Crippen molar-refractivity contribution in [3.8, 4) is 0 Å². The summed E-state index contributed by atoms with van der Waals surface area (Å²) in [5.74, 6) is 0. The van der Waals surface area contributed by atoms with Gasteiger partial charge in [-0.15, -0.1) is 0 Å². The predicted octanol–water partition coefficient (Wildman–Crippen LogP) is 4.76. The van der Waals surface area contributed by atoms with E-state index in [0.29, 0.717) is 6.61 Å². The van der Waals surface area contributed by atoms with Crippen LogP contribution in [-0.2, 0) is 0 Å². The lowest BCUT2D eigenvalue weighted by atomic mass is 10.1. The molecule has 0 saturated heterocycles. The van der Waals surface area contributed by atoms with Crippen LogP contribution in [0.5, 0.6) is 0 Å². The number of nitrogens with zero attached hydrogens (tertiary/aromatic N) is 1. The van der Waals surface area contributed by atoms with Gasteiger partial charge in [0.05, 0.1) is 26.2 Å². The molecule has 0 bridgehead atoms. The third-order valence-electron chi connectivity index (χ3n) is 4.50. The molecule has 0 rings (SSSR count). The van der Waals surface area contributed by atoms with E-state index in [1.165, 1.54) is 88.4 Å². The molecule has 0 atom stereocenters. The van der Waals surface area contributed by atoms with Crippen molar-refractivity contribution in [2.45, 2.75) is 85.0 Å². The first-order chi connectivity index (χ1) is 9.74. The maximum Gasteiger partial charge on any atom is 0.0787 e. The molecule has 122 valence electrons. The molecule has 0 aliphatic carbocycles. The van der Waals surface area contributed by atoms with Crippen molar-refractivity contribution in [1.82, 2.24) is 0 Å². The summed E-state index contributed by atoms with van der Waals surface area (Å²) in [6, 6.07) is 0. The summed E-state index contributed by atoms with van der Waals surface area (Å²) in [5.41, 5.74) is 0. The molecule has 0 heterocycles. The van der Waals surface area contributed by atoms with Crippen molar-refractivity contribution in [1.29, 1.82) is 0 Å². The lowest BCUT2D eigenvalue weighted by molar-refractivity contribution is -0.929. The molecule has 0 spiro atoms. The van der Waals surface area contributed by atoms with Crippen LogP contribution in [-0.4, -0.2) is 42.4 Å². The smallest absolute Gasteiger partial charge is 0.0787 e. The average Bonchev–Trinajstić information content (AvgIpc) is 2.46. The quantitative estimate of drug-likeness (QED) is 0.340. The topological polar surface area (TPSA) is 20.2 Å². The summed E-state index contributed by atoms with van der Waals surface area (Å²) >= 11 is 0.